The fourth-order valence-corrected chi connectivity index (χ4v) is 9.74. The van der Waals surface area contributed by atoms with E-state index in [0.717, 1.165) is 55.2 Å². The van der Waals surface area contributed by atoms with E-state index in [1.165, 1.54) is 52.9 Å². The molecule has 1 aliphatic heterocycles. The maximum absolute atomic E-state index is 12.9. The summed E-state index contributed by atoms with van der Waals surface area (Å²) in [4.78, 5) is 92.1. The Morgan fingerprint density at radius 2 is 1.28 bits per heavy atom. The highest BCUT2D eigenvalue weighted by molar-refractivity contribution is 8.00. The summed E-state index contributed by atoms with van der Waals surface area (Å²) in [5.41, 5.74) is 6.19. The summed E-state index contributed by atoms with van der Waals surface area (Å²) in [6.45, 7) is 7.68. The van der Waals surface area contributed by atoms with E-state index in [9.17, 15) is 33.6 Å². The van der Waals surface area contributed by atoms with Crippen molar-refractivity contribution >= 4 is 64.2 Å². The van der Waals surface area contributed by atoms with Crippen LogP contribution in [-0.4, -0.2) is 161 Å². The van der Waals surface area contributed by atoms with Gasteiger partial charge >= 0.3 is 0 Å². The maximum atomic E-state index is 12.9. The molecular formula is C47H77N5O13S2. The number of nitrogens with one attached hydrogen (secondary N) is 2. The minimum Gasteiger partial charge on any atom is -0.379 e. The minimum absolute atomic E-state index is 0.0289. The summed E-state index contributed by atoms with van der Waals surface area (Å²) in [7, 11) is 0. The number of fused-ring (bicyclic) bond motifs is 1. The van der Waals surface area contributed by atoms with Gasteiger partial charge < -0.3 is 44.8 Å². The van der Waals surface area contributed by atoms with Crippen molar-refractivity contribution in [3.63, 3.8) is 0 Å². The number of aromatic nitrogens is 1. The molecule has 1 unspecified atom stereocenters. The second-order valence-electron chi connectivity index (χ2n) is 16.7. The monoisotopic (exact) mass is 983 g/mol. The number of unbranched alkanes of at least 4 members (excludes halogenated alkanes) is 4. The largest absolute Gasteiger partial charge is 0.379 e. The average Bonchev–Trinajstić information content (AvgIpc) is 3.83. The lowest BCUT2D eigenvalue weighted by atomic mass is 9.87. The highest BCUT2D eigenvalue weighted by atomic mass is 32.2. The third kappa shape index (κ3) is 27.4. The quantitative estimate of drug-likeness (QED) is 0.0625. The molecule has 20 heteroatoms. The summed E-state index contributed by atoms with van der Waals surface area (Å²) in [6, 6.07) is 0. The number of carbonyl (C=O) groups excluding carboxylic acids is 7. The summed E-state index contributed by atoms with van der Waals surface area (Å²) < 4.78 is 32.6. The number of rotatable bonds is 43. The van der Waals surface area contributed by atoms with Crippen molar-refractivity contribution in [3.8, 4) is 0 Å². The predicted octanol–water partition coefficient (Wildman–Crippen LogP) is 3.70. The van der Waals surface area contributed by atoms with E-state index in [0.29, 0.717) is 92.2 Å². The van der Waals surface area contributed by atoms with Crippen LogP contribution in [0.15, 0.2) is 0 Å². The summed E-state index contributed by atoms with van der Waals surface area (Å²) >= 11 is 3.16. The van der Waals surface area contributed by atoms with E-state index in [-0.39, 0.29) is 93.3 Å². The highest BCUT2D eigenvalue weighted by Gasteiger charge is 2.38. The zero-order chi connectivity index (χ0) is 48.3. The number of ether oxygens (including phenoxy) is 6. The van der Waals surface area contributed by atoms with Gasteiger partial charge in [-0.05, 0) is 43.8 Å². The Bertz CT molecular complexity index is 1630. The Labute approximate surface area is 404 Å². The first-order valence-electron chi connectivity index (χ1n) is 24.3. The molecule has 1 aromatic heterocycles. The Morgan fingerprint density at radius 3 is 1.94 bits per heavy atom. The number of nitrogens with two attached hydrogens (primary N) is 1. The van der Waals surface area contributed by atoms with Crippen LogP contribution in [0.1, 0.15) is 119 Å². The molecule has 1 saturated heterocycles. The zero-order valence-electron chi connectivity index (χ0n) is 39.8. The third-order valence-corrected chi connectivity index (χ3v) is 13.5. The van der Waals surface area contributed by atoms with Gasteiger partial charge in [-0.25, -0.2) is 4.98 Å². The van der Waals surface area contributed by atoms with E-state index in [1.54, 1.807) is 11.3 Å². The molecule has 0 bridgehead atoms. The first-order valence-corrected chi connectivity index (χ1v) is 26.2. The molecule has 1 fully saturated rings. The molecule has 1 aromatic rings. The topological polar surface area (TPSA) is 241 Å². The van der Waals surface area contributed by atoms with Crippen LogP contribution in [0.3, 0.4) is 0 Å². The van der Waals surface area contributed by atoms with Gasteiger partial charge in [-0.2, -0.15) is 0 Å². The molecule has 67 heavy (non-hydrogen) atoms. The van der Waals surface area contributed by atoms with Crippen molar-refractivity contribution in [1.82, 2.24) is 20.5 Å². The number of hydrogen-bond donors (Lipinski definition) is 3. The molecule has 5 amide bonds. The van der Waals surface area contributed by atoms with E-state index >= 15 is 0 Å². The third-order valence-electron chi connectivity index (χ3n) is 11.1. The molecule has 1 aliphatic carbocycles. The Balaban J connectivity index is 1.04. The molecule has 2 heterocycles. The van der Waals surface area contributed by atoms with Crippen molar-refractivity contribution in [2.45, 2.75) is 128 Å². The van der Waals surface area contributed by atoms with Crippen LogP contribution in [-0.2, 0) is 81.2 Å². The molecule has 2 aliphatic rings. The number of carbonyl (C=O) groups is 7. The molecule has 18 nitrogen and oxygen atoms in total. The van der Waals surface area contributed by atoms with E-state index in [1.807, 2.05) is 0 Å². The van der Waals surface area contributed by atoms with Gasteiger partial charge in [0.15, 0.2) is 0 Å². The summed E-state index contributed by atoms with van der Waals surface area (Å²) in [5.74, 6) is 0.134. The number of hydrogen-bond acceptors (Lipinski definition) is 16. The molecule has 0 radical (unpaired) electrons. The zero-order valence-corrected chi connectivity index (χ0v) is 41.4. The van der Waals surface area contributed by atoms with Crippen LogP contribution in [0.5, 0.6) is 0 Å². The number of imide groups is 1. The van der Waals surface area contributed by atoms with E-state index in [4.69, 9.17) is 39.1 Å². The summed E-state index contributed by atoms with van der Waals surface area (Å²) in [6.07, 6.45) is 12.0. The van der Waals surface area contributed by atoms with Crippen molar-refractivity contribution in [1.29, 1.82) is 0 Å². The number of amides is 5. The molecule has 0 saturated carbocycles. The van der Waals surface area contributed by atoms with Gasteiger partial charge in [0.05, 0.1) is 96.6 Å². The van der Waals surface area contributed by atoms with Gasteiger partial charge in [-0.15, -0.1) is 23.1 Å². The first-order chi connectivity index (χ1) is 32.5. The predicted molar refractivity (Wildman–Crippen MR) is 255 cm³/mol. The lowest BCUT2D eigenvalue weighted by Crippen LogP contribution is -2.36. The van der Waals surface area contributed by atoms with Crippen molar-refractivity contribution in [2.75, 3.05) is 105 Å². The van der Waals surface area contributed by atoms with E-state index in [2.05, 4.69) is 17.6 Å². The lowest BCUT2D eigenvalue weighted by molar-refractivity contribution is -0.138. The number of aryl methyl sites for hydroxylation is 1. The molecule has 0 spiro atoms. The number of Topliss-reactive ketones (excluding diaryl/α,β-unsaturated/α-hetero) is 2. The number of likely N-dealkylation sites (tertiary alicyclic amines) is 1. The number of primary amides is 1. The van der Waals surface area contributed by atoms with Crippen LogP contribution >= 0.6 is 23.1 Å². The minimum atomic E-state index is -0.488. The number of thiazole rings is 1. The second-order valence-corrected chi connectivity index (χ2v) is 19.2. The molecule has 2 atom stereocenters. The van der Waals surface area contributed by atoms with Crippen LogP contribution in [0, 0.1) is 5.92 Å². The Hall–Kier alpha value is -3.37. The molecular weight excluding hydrogens is 907 g/mol. The van der Waals surface area contributed by atoms with Gasteiger partial charge in [0.25, 0.3) is 0 Å². The van der Waals surface area contributed by atoms with Crippen LogP contribution < -0.4 is 16.4 Å². The van der Waals surface area contributed by atoms with Crippen LogP contribution in [0.25, 0.3) is 0 Å². The standard InChI is InChI=1S/C47H77N5O13S2/c1-2-3-8-36-9-12-39-40(33-36)67-45(51-39)34-38(54)11-14-43(56)49-17-6-4-5-7-32-66-41-35-46(58)52(47(41)59)19-15-44(57)50-18-21-61-23-25-63-27-29-65-31-30-64-28-26-62-24-22-60-20-16-37(53)10-13-42(48)55/h36,41H,2-35H2,1H3,(H2,48,55)(H,49,56)(H,50,57)/t36-,41?/m0/s1. The number of ketones is 2. The van der Waals surface area contributed by atoms with Crippen molar-refractivity contribution in [2.24, 2.45) is 11.7 Å². The molecule has 4 N–H and O–H groups in total. The van der Waals surface area contributed by atoms with Crippen LogP contribution in [0.2, 0.25) is 0 Å². The Kier molecular flexibility index (Phi) is 31.6. The van der Waals surface area contributed by atoms with Crippen molar-refractivity contribution < 1.29 is 62.0 Å². The van der Waals surface area contributed by atoms with Crippen LogP contribution in [0.4, 0.5) is 0 Å². The maximum Gasteiger partial charge on any atom is 0.242 e. The molecule has 3 rings (SSSR count). The van der Waals surface area contributed by atoms with Gasteiger partial charge in [-0.1, -0.05) is 39.0 Å². The number of thioether (sulfide) groups is 1. The Morgan fingerprint density at radius 1 is 0.687 bits per heavy atom. The first kappa shape index (κ1) is 57.9. The molecule has 380 valence electrons. The van der Waals surface area contributed by atoms with Crippen molar-refractivity contribution in [3.05, 3.63) is 15.6 Å². The van der Waals surface area contributed by atoms with E-state index < -0.39 is 11.2 Å². The fraction of sp³-hybridized carbons (Fsp3) is 0.787. The summed E-state index contributed by atoms with van der Waals surface area (Å²) in [5, 5.41) is 6.13. The molecule has 0 aromatic carbocycles. The second kappa shape index (κ2) is 36.6. The normalized spacial score (nSPS) is 15.8. The smallest absolute Gasteiger partial charge is 0.242 e. The number of nitrogens with zero attached hydrogens (tertiary/aromatic N) is 2. The fourth-order valence-electron chi connectivity index (χ4n) is 7.30. The van der Waals surface area contributed by atoms with Gasteiger partial charge in [-0.3, -0.25) is 38.5 Å². The average molecular weight is 984 g/mol. The SMILES string of the molecule is CCCC[C@H]1CCc2nc(CC(=O)CCC(=O)NCCCCCCSC3CC(=O)N(CCC(=O)NCCOCCOCCOCCOCCOCCOCCC(=O)CCC(N)=O)C3=O)sc2C1. The van der Waals surface area contributed by atoms with Gasteiger partial charge in [0, 0.05) is 69.5 Å². The highest BCUT2D eigenvalue weighted by Crippen LogP contribution is 2.33. The van der Waals surface area contributed by atoms with Gasteiger partial charge in [0.2, 0.25) is 29.5 Å². The lowest BCUT2D eigenvalue weighted by Gasteiger charge is -2.20. The van der Waals surface area contributed by atoms with Gasteiger partial charge in [0.1, 0.15) is 16.6 Å².